The van der Waals surface area contributed by atoms with Crippen LogP contribution in [0.3, 0.4) is 0 Å². The quantitative estimate of drug-likeness (QED) is 0.304. The molecule has 6 nitrogen and oxygen atoms in total. The largest absolute Gasteiger partial charge is 0.277 e. The minimum absolute atomic E-state index is 0.235. The second kappa shape index (κ2) is 4.86. The van der Waals surface area contributed by atoms with Gasteiger partial charge in [-0.25, -0.2) is 4.67 Å². The fourth-order valence-electron chi connectivity index (χ4n) is 0.906. The average Bonchev–Trinajstić information content (AvgIpc) is 2.47. The molecule has 0 bridgehead atoms. The van der Waals surface area contributed by atoms with E-state index in [0.717, 1.165) is 0 Å². The molecule has 0 saturated carbocycles. The van der Waals surface area contributed by atoms with Crippen molar-refractivity contribution in [3.8, 4) is 0 Å². The van der Waals surface area contributed by atoms with Gasteiger partial charge in [0.05, 0.1) is 5.37 Å². The van der Waals surface area contributed by atoms with Crippen LogP contribution in [0.15, 0.2) is 0 Å². The van der Waals surface area contributed by atoms with Crippen LogP contribution in [0.1, 0.15) is 0 Å². The van der Waals surface area contributed by atoms with Crippen molar-refractivity contribution in [3.05, 3.63) is 0 Å². The Balaban J connectivity index is 2.61. The summed E-state index contributed by atoms with van der Waals surface area (Å²) in [7, 11) is -1.71. The third-order valence-electron chi connectivity index (χ3n) is 1.85. The maximum Gasteiger partial charge on any atom is 0.277 e. The number of hydrazine groups is 1. The Kier molecular flexibility index (Phi) is 4.63. The van der Waals surface area contributed by atoms with Crippen LogP contribution >= 0.6 is 54.3 Å². The van der Waals surface area contributed by atoms with Crippen LogP contribution in [0.2, 0.25) is 0 Å². The predicted molar refractivity (Wildman–Crippen MR) is 65.3 cm³/mol. The zero-order valence-electron chi connectivity index (χ0n) is 7.73. The summed E-state index contributed by atoms with van der Waals surface area (Å²) in [4.78, 5) is 2.78. The smallest absolute Gasteiger partial charge is 0.271 e. The molecule has 1 unspecified atom stereocenters. The van der Waals surface area contributed by atoms with E-state index in [9.17, 15) is 4.57 Å². The Morgan fingerprint density at radius 3 is 2.47 bits per heavy atom. The number of nitrogens with two attached hydrogens (primary N) is 2. The maximum atomic E-state index is 11.4. The molecule has 5 N–H and O–H groups in total. The summed E-state index contributed by atoms with van der Waals surface area (Å²) in [5.74, 6) is 0. The molecule has 0 spiro atoms. The minimum Gasteiger partial charge on any atom is -0.271 e. The van der Waals surface area contributed by atoms with Crippen LogP contribution in [0.4, 0.5) is 0 Å². The van der Waals surface area contributed by atoms with Gasteiger partial charge in [0.1, 0.15) is 0 Å². The average molecular weight is 315 g/mol. The van der Waals surface area contributed by atoms with E-state index in [1.807, 2.05) is 0 Å². The lowest BCUT2D eigenvalue weighted by atomic mass is 10.6. The number of hydrogen-bond acceptors (Lipinski definition) is 4. The van der Waals surface area contributed by atoms with Crippen LogP contribution in [0, 0.1) is 0 Å². The van der Waals surface area contributed by atoms with Crippen LogP contribution in [0.25, 0.3) is 0 Å². The second-order valence-corrected chi connectivity index (χ2v) is 8.15. The zero-order valence-corrected chi connectivity index (χ0v) is 11.7. The Hall–Kier alpha value is 1.25. The van der Waals surface area contributed by atoms with Gasteiger partial charge in [-0.2, -0.15) is 9.84 Å². The molecule has 1 atom stereocenters. The molecule has 0 aliphatic carbocycles. The van der Waals surface area contributed by atoms with Crippen molar-refractivity contribution in [2.24, 2.45) is 11.0 Å². The fourth-order valence-corrected chi connectivity index (χ4v) is 3.29. The van der Waals surface area contributed by atoms with Gasteiger partial charge >= 0.3 is 0 Å². The van der Waals surface area contributed by atoms with Crippen molar-refractivity contribution in [3.63, 3.8) is 0 Å². The molecule has 0 aromatic rings. The van der Waals surface area contributed by atoms with E-state index in [-0.39, 0.29) is 5.37 Å². The van der Waals surface area contributed by atoms with E-state index in [4.69, 9.17) is 45.8 Å². The van der Waals surface area contributed by atoms with Gasteiger partial charge in [-0.3, -0.25) is 15.6 Å². The number of hydrogen-bond donors (Lipinski definition) is 3. The van der Waals surface area contributed by atoms with E-state index in [1.165, 1.54) is 21.6 Å². The zero-order chi connectivity index (χ0) is 11.9. The Morgan fingerprint density at radius 2 is 2.13 bits per heavy atom. The highest BCUT2D eigenvalue weighted by atomic mass is 35.6. The molecule has 0 radical (unpaired) electrons. The molecule has 0 amide bonds. The molecule has 90 valence electrons. The summed E-state index contributed by atoms with van der Waals surface area (Å²) in [5, 5.41) is 1.14. The van der Waals surface area contributed by atoms with Gasteiger partial charge in [-0.15, -0.1) is 0 Å². The lowest BCUT2D eigenvalue weighted by Gasteiger charge is -2.26. The first-order valence-electron chi connectivity index (χ1n) is 3.78. The van der Waals surface area contributed by atoms with Crippen LogP contribution < -0.4 is 15.8 Å². The second-order valence-electron chi connectivity index (χ2n) is 2.99. The SMILES string of the molecule is CN(C1CN(C(Cl)(Cl)Cl)NS1)P(N)(N)=O. The number of rotatable bonds is 2. The summed E-state index contributed by atoms with van der Waals surface area (Å²) in [6, 6.07) is 0. The Labute approximate surface area is 107 Å². The molecule has 1 fully saturated rings. The molecule has 1 aliphatic rings. The fraction of sp³-hybridized carbons (Fsp3) is 1.00. The van der Waals surface area contributed by atoms with Crippen LogP contribution in [-0.2, 0) is 4.57 Å². The van der Waals surface area contributed by atoms with Crippen molar-refractivity contribution in [1.29, 1.82) is 0 Å². The summed E-state index contributed by atoms with van der Waals surface area (Å²) in [6.45, 7) is 0.343. The van der Waals surface area contributed by atoms with Crippen molar-refractivity contribution in [1.82, 2.24) is 14.5 Å². The van der Waals surface area contributed by atoms with Gasteiger partial charge < -0.3 is 0 Å². The number of nitrogens with one attached hydrogen (secondary N) is 1. The monoisotopic (exact) mass is 313 g/mol. The van der Waals surface area contributed by atoms with Gasteiger partial charge in [0.2, 0.25) is 0 Å². The minimum atomic E-state index is -3.27. The molecular weight excluding hydrogens is 303 g/mol. The number of alkyl halides is 3. The first-order chi connectivity index (χ1) is 6.62. The topological polar surface area (TPSA) is 87.6 Å². The predicted octanol–water partition coefficient (Wildman–Crippen LogP) is 1.07. The molecule has 1 rings (SSSR count). The summed E-state index contributed by atoms with van der Waals surface area (Å²) < 4.78 is 11.2. The molecule has 0 aromatic carbocycles. The van der Waals surface area contributed by atoms with Crippen molar-refractivity contribution in [2.75, 3.05) is 13.6 Å². The summed E-state index contributed by atoms with van der Waals surface area (Å²) in [5.41, 5.74) is 10.6. The summed E-state index contributed by atoms with van der Waals surface area (Å²) >= 11 is 18.2. The number of halogens is 3. The van der Waals surface area contributed by atoms with Gasteiger partial charge in [0.15, 0.2) is 0 Å². The number of likely N-dealkylation sites (N-methyl/N-ethyl adjacent to an activating group) is 1. The lowest BCUT2D eigenvalue weighted by molar-refractivity contribution is 0.251. The van der Waals surface area contributed by atoms with Crippen LogP contribution in [-0.4, -0.2) is 32.6 Å². The normalized spacial score (nSPS) is 25.1. The highest BCUT2D eigenvalue weighted by Gasteiger charge is 2.40. The highest BCUT2D eigenvalue weighted by molar-refractivity contribution is 7.98. The molecular formula is C4H11Cl3N5OPS. The van der Waals surface area contributed by atoms with Gasteiger partial charge in [0, 0.05) is 6.54 Å². The van der Waals surface area contributed by atoms with E-state index >= 15 is 0 Å². The van der Waals surface area contributed by atoms with E-state index in [0.29, 0.717) is 6.54 Å². The van der Waals surface area contributed by atoms with Crippen molar-refractivity contribution >= 4 is 54.3 Å². The number of nitrogens with zero attached hydrogens (tertiary/aromatic N) is 2. The first-order valence-corrected chi connectivity index (χ1v) is 7.59. The van der Waals surface area contributed by atoms with Gasteiger partial charge in [-0.05, 0) is 19.0 Å². The van der Waals surface area contributed by atoms with Gasteiger partial charge in [-0.1, -0.05) is 34.8 Å². The molecule has 0 aromatic heterocycles. The Bertz CT molecular complexity index is 282. The molecule has 1 heterocycles. The van der Waals surface area contributed by atoms with Crippen molar-refractivity contribution < 1.29 is 4.57 Å². The third kappa shape index (κ3) is 3.89. The standard InChI is InChI=1S/C4H11Cl3N5OPS/c1-11(14(8,9)13)3-2-12(10-15-3)4(5,6)7/h3,10H,2H2,1H3,(H4,8,9,13). The molecule has 15 heavy (non-hydrogen) atoms. The first kappa shape index (κ1) is 14.3. The molecule has 1 aliphatic heterocycles. The van der Waals surface area contributed by atoms with E-state index < -0.39 is 11.5 Å². The highest BCUT2D eigenvalue weighted by Crippen LogP contribution is 2.40. The molecule has 11 heteroatoms. The van der Waals surface area contributed by atoms with E-state index in [2.05, 4.69) is 4.83 Å². The van der Waals surface area contributed by atoms with Crippen molar-refractivity contribution in [2.45, 2.75) is 9.29 Å². The van der Waals surface area contributed by atoms with Crippen LogP contribution in [0.5, 0.6) is 0 Å². The lowest BCUT2D eigenvalue weighted by Crippen LogP contribution is -2.42. The van der Waals surface area contributed by atoms with Gasteiger partial charge in [0.25, 0.3) is 11.5 Å². The maximum absolute atomic E-state index is 11.4. The van der Waals surface area contributed by atoms with E-state index in [1.54, 1.807) is 7.05 Å². The molecule has 1 saturated heterocycles. The third-order valence-corrected chi connectivity index (χ3v) is 4.95. The summed E-state index contributed by atoms with van der Waals surface area (Å²) in [6.07, 6.45) is 0. The Morgan fingerprint density at radius 1 is 1.60 bits per heavy atom.